The lowest BCUT2D eigenvalue weighted by Gasteiger charge is -2.15. The second kappa shape index (κ2) is 11.4. The number of nitrogens with zero attached hydrogens (tertiary/aromatic N) is 1. The largest absolute Gasteiger partial charge is 0.382 e. The Balaban J connectivity index is 3.88. The highest BCUT2D eigenvalue weighted by Gasteiger charge is 2.17. The van der Waals surface area contributed by atoms with E-state index in [2.05, 4.69) is 5.32 Å². The van der Waals surface area contributed by atoms with E-state index in [0.717, 1.165) is 0 Å². The van der Waals surface area contributed by atoms with Crippen molar-refractivity contribution in [1.82, 2.24) is 5.32 Å². The van der Waals surface area contributed by atoms with Gasteiger partial charge in [-0.1, -0.05) is 0 Å². The molecule has 7 nitrogen and oxygen atoms in total. The van der Waals surface area contributed by atoms with Gasteiger partial charge in [0.25, 0.3) is 0 Å². The highest BCUT2D eigenvalue weighted by atomic mass is 16.5. The molecule has 0 saturated heterocycles. The summed E-state index contributed by atoms with van der Waals surface area (Å²) in [6.07, 6.45) is 2.20. The van der Waals surface area contributed by atoms with Gasteiger partial charge in [-0.25, -0.2) is 0 Å². The van der Waals surface area contributed by atoms with Gasteiger partial charge in [-0.15, -0.1) is 0 Å². The Morgan fingerprint density at radius 1 is 1.37 bits per heavy atom. The van der Waals surface area contributed by atoms with Crippen LogP contribution in [-0.2, 0) is 19.1 Å². The number of ether oxygens (including phenoxy) is 2. The van der Waals surface area contributed by atoms with E-state index in [4.69, 9.17) is 20.5 Å². The van der Waals surface area contributed by atoms with Crippen LogP contribution < -0.4 is 11.1 Å². The third-order valence-electron chi connectivity index (χ3n) is 2.37. The van der Waals surface area contributed by atoms with Crippen molar-refractivity contribution in [3.05, 3.63) is 0 Å². The number of primary amides is 1. The van der Waals surface area contributed by atoms with Gasteiger partial charge in [0.1, 0.15) is 12.6 Å². The SMILES string of the molecule is COCCOCC(=O)N[C@@H](CCCCC#N)C(N)=O. The summed E-state index contributed by atoms with van der Waals surface area (Å²) >= 11 is 0. The normalized spacial score (nSPS) is 11.6. The molecule has 0 bridgehead atoms. The zero-order valence-corrected chi connectivity index (χ0v) is 11.2. The molecule has 108 valence electrons. The molecule has 0 aliphatic heterocycles. The molecule has 1 atom stereocenters. The topological polar surface area (TPSA) is 114 Å². The van der Waals surface area contributed by atoms with E-state index in [0.29, 0.717) is 38.9 Å². The Kier molecular flexibility index (Phi) is 10.4. The predicted molar refractivity (Wildman–Crippen MR) is 67.9 cm³/mol. The standard InChI is InChI=1S/C12H21N3O4/c1-18-7-8-19-9-11(16)15-10(12(14)17)5-3-2-4-6-13/h10H,2-5,7-9H2,1H3,(H2,14,17)(H,15,16)/t10-/m0/s1. The molecule has 7 heteroatoms. The summed E-state index contributed by atoms with van der Waals surface area (Å²) in [6, 6.07) is 1.31. The maximum atomic E-state index is 11.5. The van der Waals surface area contributed by atoms with E-state index in [1.165, 1.54) is 7.11 Å². The first-order valence-corrected chi connectivity index (χ1v) is 6.14. The molecule has 0 aliphatic carbocycles. The van der Waals surface area contributed by atoms with Gasteiger partial charge in [0.2, 0.25) is 11.8 Å². The van der Waals surface area contributed by atoms with E-state index < -0.39 is 11.9 Å². The van der Waals surface area contributed by atoms with Crippen molar-refractivity contribution in [3.63, 3.8) is 0 Å². The quantitative estimate of drug-likeness (QED) is 0.501. The van der Waals surface area contributed by atoms with Crippen LogP contribution in [0, 0.1) is 11.3 Å². The van der Waals surface area contributed by atoms with Crippen molar-refractivity contribution in [2.45, 2.75) is 31.7 Å². The first-order valence-electron chi connectivity index (χ1n) is 6.14. The van der Waals surface area contributed by atoms with Crippen LogP contribution >= 0.6 is 0 Å². The number of nitrogens with two attached hydrogens (primary N) is 1. The Bertz CT molecular complexity index is 315. The third-order valence-corrected chi connectivity index (χ3v) is 2.37. The van der Waals surface area contributed by atoms with E-state index in [1.807, 2.05) is 6.07 Å². The van der Waals surface area contributed by atoms with Gasteiger partial charge in [0.05, 0.1) is 19.3 Å². The summed E-state index contributed by atoms with van der Waals surface area (Å²) in [5.41, 5.74) is 5.20. The lowest BCUT2D eigenvalue weighted by Crippen LogP contribution is -2.45. The Hall–Kier alpha value is -1.65. The van der Waals surface area contributed by atoms with Gasteiger partial charge in [-0.2, -0.15) is 5.26 Å². The van der Waals surface area contributed by atoms with Crippen LogP contribution in [0.15, 0.2) is 0 Å². The molecule has 0 unspecified atom stereocenters. The maximum Gasteiger partial charge on any atom is 0.246 e. The van der Waals surface area contributed by atoms with E-state index in [9.17, 15) is 9.59 Å². The fourth-order valence-electron chi connectivity index (χ4n) is 1.38. The molecule has 0 fully saturated rings. The smallest absolute Gasteiger partial charge is 0.246 e. The summed E-state index contributed by atoms with van der Waals surface area (Å²) in [7, 11) is 1.54. The van der Waals surface area contributed by atoms with Gasteiger partial charge >= 0.3 is 0 Å². The zero-order chi connectivity index (χ0) is 14.5. The van der Waals surface area contributed by atoms with Crippen LogP contribution in [0.5, 0.6) is 0 Å². The van der Waals surface area contributed by atoms with Crippen molar-refractivity contribution < 1.29 is 19.1 Å². The van der Waals surface area contributed by atoms with E-state index in [1.54, 1.807) is 0 Å². The number of rotatable bonds is 11. The van der Waals surface area contributed by atoms with Crippen molar-refractivity contribution in [3.8, 4) is 6.07 Å². The minimum Gasteiger partial charge on any atom is -0.382 e. The van der Waals surface area contributed by atoms with Crippen LogP contribution in [0.25, 0.3) is 0 Å². The Labute approximate surface area is 113 Å². The van der Waals surface area contributed by atoms with Crippen LogP contribution in [0.3, 0.4) is 0 Å². The average molecular weight is 271 g/mol. The van der Waals surface area contributed by atoms with Crippen molar-refractivity contribution in [1.29, 1.82) is 5.26 Å². The van der Waals surface area contributed by atoms with Crippen LogP contribution in [-0.4, -0.2) is 44.8 Å². The van der Waals surface area contributed by atoms with Crippen molar-refractivity contribution >= 4 is 11.8 Å². The molecular formula is C12H21N3O4. The zero-order valence-electron chi connectivity index (χ0n) is 11.2. The molecule has 0 saturated carbocycles. The van der Waals surface area contributed by atoms with Gasteiger partial charge in [-0.05, 0) is 19.3 Å². The molecule has 2 amide bonds. The number of unbranched alkanes of at least 4 members (excludes halogenated alkanes) is 2. The molecule has 0 aromatic rings. The first kappa shape index (κ1) is 17.4. The number of methoxy groups -OCH3 is 1. The molecular weight excluding hydrogens is 250 g/mol. The number of carbonyl (C=O) groups is 2. The average Bonchev–Trinajstić information content (AvgIpc) is 2.38. The van der Waals surface area contributed by atoms with Gasteiger partial charge in [-0.3, -0.25) is 9.59 Å². The molecule has 0 rings (SSSR count). The van der Waals surface area contributed by atoms with Gasteiger partial charge < -0.3 is 20.5 Å². The number of nitrogens with one attached hydrogen (secondary N) is 1. The van der Waals surface area contributed by atoms with Crippen molar-refractivity contribution in [2.75, 3.05) is 26.9 Å². The molecule has 0 aliphatic rings. The third kappa shape index (κ3) is 10.00. The summed E-state index contributed by atoms with van der Waals surface area (Å²) in [5, 5.41) is 10.9. The minimum absolute atomic E-state index is 0.134. The highest BCUT2D eigenvalue weighted by Crippen LogP contribution is 2.03. The minimum atomic E-state index is -0.711. The van der Waals surface area contributed by atoms with Crippen LogP contribution in [0.2, 0.25) is 0 Å². The Morgan fingerprint density at radius 2 is 2.11 bits per heavy atom. The fourth-order valence-corrected chi connectivity index (χ4v) is 1.38. The molecule has 0 aromatic carbocycles. The van der Waals surface area contributed by atoms with Crippen LogP contribution in [0.4, 0.5) is 0 Å². The summed E-state index contributed by atoms with van der Waals surface area (Å²) in [4.78, 5) is 22.6. The lowest BCUT2D eigenvalue weighted by atomic mass is 10.1. The second-order valence-electron chi connectivity index (χ2n) is 3.97. The second-order valence-corrected chi connectivity index (χ2v) is 3.97. The first-order chi connectivity index (χ1) is 9.11. The molecule has 0 heterocycles. The lowest BCUT2D eigenvalue weighted by molar-refractivity contribution is -0.130. The molecule has 0 radical (unpaired) electrons. The predicted octanol–water partition coefficient (Wildman–Crippen LogP) is -0.297. The fraction of sp³-hybridized carbons (Fsp3) is 0.750. The number of hydrogen-bond donors (Lipinski definition) is 2. The van der Waals surface area contributed by atoms with Crippen molar-refractivity contribution in [2.24, 2.45) is 5.73 Å². The number of nitriles is 1. The molecule has 19 heavy (non-hydrogen) atoms. The van der Waals surface area contributed by atoms with E-state index >= 15 is 0 Å². The summed E-state index contributed by atoms with van der Waals surface area (Å²) in [5.74, 6) is -0.970. The molecule has 0 spiro atoms. The Morgan fingerprint density at radius 3 is 2.68 bits per heavy atom. The number of hydrogen-bond acceptors (Lipinski definition) is 5. The monoisotopic (exact) mass is 271 g/mol. The molecule has 3 N–H and O–H groups in total. The number of carbonyl (C=O) groups excluding carboxylic acids is 2. The van der Waals surface area contributed by atoms with Gasteiger partial charge in [0, 0.05) is 13.5 Å². The van der Waals surface area contributed by atoms with Crippen LogP contribution in [0.1, 0.15) is 25.7 Å². The highest BCUT2D eigenvalue weighted by molar-refractivity contribution is 5.86. The summed E-state index contributed by atoms with van der Waals surface area (Å²) in [6.45, 7) is 0.583. The van der Waals surface area contributed by atoms with E-state index in [-0.39, 0.29) is 12.5 Å². The maximum absolute atomic E-state index is 11.5. The molecule has 0 aromatic heterocycles. The van der Waals surface area contributed by atoms with Gasteiger partial charge in [0.15, 0.2) is 0 Å². The number of amides is 2. The summed E-state index contributed by atoms with van der Waals surface area (Å²) < 4.78 is 9.79.